The molecule has 1 aromatic rings. The average molecular weight is 194 g/mol. The lowest BCUT2D eigenvalue weighted by atomic mass is 10.3. The van der Waals surface area contributed by atoms with Crippen LogP contribution in [0.5, 0.6) is 5.75 Å². The summed E-state index contributed by atoms with van der Waals surface area (Å²) in [6.45, 7) is 1.54. The molecule has 0 spiro atoms. The van der Waals surface area contributed by atoms with E-state index in [9.17, 15) is 9.59 Å². The minimum atomic E-state index is -0.937. The van der Waals surface area contributed by atoms with Crippen molar-refractivity contribution in [3.8, 4) is 5.75 Å². The summed E-state index contributed by atoms with van der Waals surface area (Å²) in [6, 6.07) is 8.89. The second-order valence-corrected chi connectivity index (χ2v) is 2.55. The second kappa shape index (κ2) is 5.01. The van der Waals surface area contributed by atoms with E-state index in [-0.39, 0.29) is 6.29 Å². The fourth-order valence-electron chi connectivity index (χ4n) is 0.906. The Bertz CT molecular complexity index is 307. The topological polar surface area (TPSA) is 52.6 Å². The largest absolute Gasteiger partial charge is 0.455 e. The number of aldehydes is 1. The van der Waals surface area contributed by atoms with Crippen molar-refractivity contribution in [3.63, 3.8) is 0 Å². The maximum Gasteiger partial charge on any atom is 0.374 e. The molecule has 0 saturated carbocycles. The van der Waals surface area contributed by atoms with E-state index in [0.717, 1.165) is 0 Å². The van der Waals surface area contributed by atoms with Crippen LogP contribution in [0.2, 0.25) is 0 Å². The molecule has 0 aliphatic heterocycles. The Kier molecular flexibility index (Phi) is 3.67. The fraction of sp³-hybridized carbons (Fsp3) is 0.200. The van der Waals surface area contributed by atoms with Crippen LogP contribution < -0.4 is 4.74 Å². The normalized spacial score (nSPS) is 11.5. The zero-order valence-corrected chi connectivity index (χ0v) is 7.67. The van der Waals surface area contributed by atoms with Gasteiger partial charge < -0.3 is 9.47 Å². The average Bonchev–Trinajstić information content (AvgIpc) is 2.19. The molecule has 4 nitrogen and oxygen atoms in total. The first-order chi connectivity index (χ1) is 6.72. The van der Waals surface area contributed by atoms with Gasteiger partial charge >= 0.3 is 5.97 Å². The van der Waals surface area contributed by atoms with E-state index >= 15 is 0 Å². The minimum absolute atomic E-state index is 0.102. The van der Waals surface area contributed by atoms with Gasteiger partial charge in [-0.15, -0.1) is 0 Å². The van der Waals surface area contributed by atoms with Gasteiger partial charge in [-0.2, -0.15) is 0 Å². The third-order valence-electron chi connectivity index (χ3n) is 1.42. The van der Waals surface area contributed by atoms with Crippen molar-refractivity contribution in [2.45, 2.75) is 13.2 Å². The highest BCUT2D eigenvalue weighted by Gasteiger charge is 2.08. The number of benzene rings is 1. The summed E-state index contributed by atoms with van der Waals surface area (Å²) in [5, 5.41) is 0. The molecule has 0 amide bonds. The lowest BCUT2D eigenvalue weighted by molar-refractivity contribution is -0.163. The Morgan fingerprint density at radius 1 is 1.36 bits per heavy atom. The Balaban J connectivity index is 2.45. The molecule has 0 radical (unpaired) electrons. The van der Waals surface area contributed by atoms with Crippen LogP contribution in [0, 0.1) is 0 Å². The quantitative estimate of drug-likeness (QED) is 0.312. The third kappa shape index (κ3) is 3.26. The number of carbonyl (C=O) groups is 2. The smallest absolute Gasteiger partial charge is 0.374 e. The highest BCUT2D eigenvalue weighted by molar-refractivity contribution is 6.20. The molecule has 14 heavy (non-hydrogen) atoms. The van der Waals surface area contributed by atoms with Crippen LogP contribution in [0.3, 0.4) is 0 Å². The molecular formula is C10H10O4. The molecule has 0 heterocycles. The number of hydrogen-bond donors (Lipinski definition) is 0. The summed E-state index contributed by atoms with van der Waals surface area (Å²) < 4.78 is 9.76. The van der Waals surface area contributed by atoms with Gasteiger partial charge in [0.05, 0.1) is 0 Å². The predicted octanol–water partition coefficient (Wildman–Crippen LogP) is 1.15. The number of esters is 1. The minimum Gasteiger partial charge on any atom is -0.455 e. The Hall–Kier alpha value is -1.84. The molecule has 1 aromatic carbocycles. The molecule has 4 heteroatoms. The molecule has 1 atom stereocenters. The maximum atomic E-state index is 10.5. The van der Waals surface area contributed by atoms with E-state index in [1.165, 1.54) is 6.92 Å². The Labute approximate surface area is 81.4 Å². The first-order valence-corrected chi connectivity index (χ1v) is 4.10. The molecule has 0 N–H and O–H groups in total. The molecule has 0 aliphatic carbocycles. The van der Waals surface area contributed by atoms with Gasteiger partial charge in [0.1, 0.15) is 5.75 Å². The van der Waals surface area contributed by atoms with Crippen LogP contribution in [0.15, 0.2) is 30.3 Å². The van der Waals surface area contributed by atoms with Crippen molar-refractivity contribution in [3.05, 3.63) is 30.3 Å². The van der Waals surface area contributed by atoms with Crippen LogP contribution in [0.25, 0.3) is 0 Å². The summed E-state index contributed by atoms with van der Waals surface area (Å²) >= 11 is 0. The molecule has 1 rings (SSSR count). The van der Waals surface area contributed by atoms with Crippen molar-refractivity contribution in [2.24, 2.45) is 0 Å². The first-order valence-electron chi connectivity index (χ1n) is 4.10. The van der Waals surface area contributed by atoms with E-state index in [4.69, 9.17) is 4.74 Å². The summed E-state index contributed by atoms with van der Waals surface area (Å²) in [7, 11) is 0. The van der Waals surface area contributed by atoms with Crippen molar-refractivity contribution < 1.29 is 19.1 Å². The maximum absolute atomic E-state index is 10.5. The number of hydrogen-bond acceptors (Lipinski definition) is 4. The Morgan fingerprint density at radius 3 is 2.57 bits per heavy atom. The molecule has 0 aromatic heterocycles. The molecule has 0 fully saturated rings. The van der Waals surface area contributed by atoms with Crippen LogP contribution in [-0.4, -0.2) is 18.5 Å². The van der Waals surface area contributed by atoms with E-state index in [2.05, 4.69) is 4.74 Å². The highest BCUT2D eigenvalue weighted by atomic mass is 16.7. The summed E-state index contributed by atoms with van der Waals surface area (Å²) in [5.41, 5.74) is 0. The lowest BCUT2D eigenvalue weighted by Gasteiger charge is -2.13. The zero-order valence-electron chi connectivity index (χ0n) is 7.67. The monoisotopic (exact) mass is 194 g/mol. The van der Waals surface area contributed by atoms with Crippen LogP contribution in [-0.2, 0) is 14.3 Å². The van der Waals surface area contributed by atoms with Gasteiger partial charge in [0, 0.05) is 6.92 Å². The molecule has 0 aliphatic rings. The lowest BCUT2D eigenvalue weighted by Crippen LogP contribution is -2.21. The standard InChI is InChI=1S/C10H10O4/c1-8(14-10(12)7-11)13-9-5-3-2-4-6-9/h2-8H,1H3. The molecule has 74 valence electrons. The third-order valence-corrected chi connectivity index (χ3v) is 1.42. The predicted molar refractivity (Wildman–Crippen MR) is 48.7 cm³/mol. The van der Waals surface area contributed by atoms with Crippen molar-refractivity contribution in [1.29, 1.82) is 0 Å². The van der Waals surface area contributed by atoms with Gasteiger partial charge in [-0.25, -0.2) is 4.79 Å². The van der Waals surface area contributed by atoms with Gasteiger partial charge in [0.15, 0.2) is 0 Å². The number of carbonyl (C=O) groups excluding carboxylic acids is 2. The number of para-hydroxylation sites is 1. The summed E-state index contributed by atoms with van der Waals surface area (Å²) in [5.74, 6) is -0.355. The van der Waals surface area contributed by atoms with Crippen molar-refractivity contribution in [1.82, 2.24) is 0 Å². The highest BCUT2D eigenvalue weighted by Crippen LogP contribution is 2.10. The molecular weight excluding hydrogens is 184 g/mol. The second-order valence-electron chi connectivity index (χ2n) is 2.55. The van der Waals surface area contributed by atoms with Gasteiger partial charge in [-0.05, 0) is 12.1 Å². The van der Waals surface area contributed by atoms with E-state index in [0.29, 0.717) is 5.75 Å². The van der Waals surface area contributed by atoms with Crippen LogP contribution >= 0.6 is 0 Å². The molecule has 1 unspecified atom stereocenters. The van der Waals surface area contributed by atoms with Gasteiger partial charge in [-0.3, -0.25) is 4.79 Å². The van der Waals surface area contributed by atoms with E-state index in [1.54, 1.807) is 24.3 Å². The fourth-order valence-corrected chi connectivity index (χ4v) is 0.906. The van der Waals surface area contributed by atoms with E-state index < -0.39 is 12.3 Å². The number of ether oxygens (including phenoxy) is 2. The van der Waals surface area contributed by atoms with Crippen LogP contribution in [0.1, 0.15) is 6.92 Å². The summed E-state index contributed by atoms with van der Waals surface area (Å²) in [4.78, 5) is 20.5. The SMILES string of the molecule is CC(OC(=O)C=O)Oc1ccccc1. The molecule has 0 bridgehead atoms. The molecule has 0 saturated heterocycles. The summed E-state index contributed by atoms with van der Waals surface area (Å²) in [6.07, 6.45) is -0.666. The first kappa shape index (κ1) is 10.2. The van der Waals surface area contributed by atoms with Gasteiger partial charge in [0.25, 0.3) is 0 Å². The van der Waals surface area contributed by atoms with Gasteiger partial charge in [0.2, 0.25) is 12.6 Å². The Morgan fingerprint density at radius 2 is 2.00 bits per heavy atom. The van der Waals surface area contributed by atoms with Gasteiger partial charge in [-0.1, -0.05) is 18.2 Å². The van der Waals surface area contributed by atoms with Crippen molar-refractivity contribution >= 4 is 12.3 Å². The zero-order chi connectivity index (χ0) is 10.4. The van der Waals surface area contributed by atoms with Crippen LogP contribution in [0.4, 0.5) is 0 Å². The van der Waals surface area contributed by atoms with Crippen molar-refractivity contribution in [2.75, 3.05) is 0 Å². The number of rotatable bonds is 4. The van der Waals surface area contributed by atoms with E-state index in [1.807, 2.05) is 6.07 Å².